The topological polar surface area (TPSA) is 48.8 Å². The molecule has 11 heavy (non-hydrogen) atoms. The molecule has 4 nitrogen and oxygen atoms in total. The number of aliphatic imine (C=N–C) groups is 2. The fourth-order valence-corrected chi connectivity index (χ4v) is 0.645. The van der Waals surface area contributed by atoms with Gasteiger partial charge in [-0.25, -0.2) is 0 Å². The first-order chi connectivity index (χ1) is 5.00. The summed E-state index contributed by atoms with van der Waals surface area (Å²) in [6.45, 7) is 3.97. The molecule has 0 unspecified atom stereocenters. The summed E-state index contributed by atoms with van der Waals surface area (Å²) in [5.41, 5.74) is 0. The standard InChI is InChI=1S/2C3H6N2.Fe/c2*1-2-5-3-4-1;/h2*3H,1-2H2,(H,4,5);. The van der Waals surface area contributed by atoms with Gasteiger partial charge >= 0.3 is 0 Å². The summed E-state index contributed by atoms with van der Waals surface area (Å²) in [6.07, 6.45) is 3.47. The van der Waals surface area contributed by atoms with Crippen LogP contribution in [0.3, 0.4) is 0 Å². The van der Waals surface area contributed by atoms with E-state index in [9.17, 15) is 0 Å². The minimum absolute atomic E-state index is 0. The largest absolute Gasteiger partial charge is 0.375 e. The molecule has 5 heteroatoms. The number of nitrogens with zero attached hydrogens (tertiary/aromatic N) is 2. The fraction of sp³-hybridized carbons (Fsp3) is 0.667. The molecule has 2 rings (SSSR count). The molecule has 0 atom stereocenters. The van der Waals surface area contributed by atoms with Crippen molar-refractivity contribution in [2.75, 3.05) is 26.2 Å². The van der Waals surface area contributed by atoms with Crippen molar-refractivity contribution < 1.29 is 17.1 Å². The summed E-state index contributed by atoms with van der Waals surface area (Å²) in [5, 5.41) is 5.86. The van der Waals surface area contributed by atoms with Crippen LogP contribution in [0.25, 0.3) is 0 Å². The molecule has 2 aliphatic rings. The molecule has 0 fully saturated rings. The van der Waals surface area contributed by atoms with Gasteiger partial charge in [-0.1, -0.05) is 0 Å². The van der Waals surface area contributed by atoms with Gasteiger partial charge in [0.05, 0.1) is 25.8 Å². The summed E-state index contributed by atoms with van der Waals surface area (Å²) in [5.74, 6) is 0. The third-order valence-corrected chi connectivity index (χ3v) is 1.14. The molecule has 0 saturated carbocycles. The molecule has 0 aromatic carbocycles. The van der Waals surface area contributed by atoms with Crippen LogP contribution in [0, 0.1) is 0 Å². The number of hydrogen-bond acceptors (Lipinski definition) is 4. The Labute approximate surface area is 77.0 Å². The van der Waals surface area contributed by atoms with E-state index < -0.39 is 0 Å². The summed E-state index contributed by atoms with van der Waals surface area (Å²) in [7, 11) is 0. The van der Waals surface area contributed by atoms with Gasteiger partial charge in [0, 0.05) is 30.2 Å². The molecular weight excluding hydrogens is 184 g/mol. The number of rotatable bonds is 0. The summed E-state index contributed by atoms with van der Waals surface area (Å²) in [4.78, 5) is 7.69. The molecule has 64 valence electrons. The zero-order valence-corrected chi connectivity index (χ0v) is 7.34. The van der Waals surface area contributed by atoms with Crippen LogP contribution in [-0.4, -0.2) is 38.9 Å². The average molecular weight is 196 g/mol. The maximum Gasteiger partial charge on any atom is 0.0825 e. The SMILES string of the molecule is C1=NCCN1.C1=NCCN1.[Fe]. The first-order valence-electron chi connectivity index (χ1n) is 3.43. The van der Waals surface area contributed by atoms with Crippen LogP contribution in [0.4, 0.5) is 0 Å². The molecule has 0 radical (unpaired) electrons. The Morgan fingerprint density at radius 1 is 0.909 bits per heavy atom. The summed E-state index contributed by atoms with van der Waals surface area (Å²) < 4.78 is 0. The van der Waals surface area contributed by atoms with Crippen molar-refractivity contribution in [1.29, 1.82) is 0 Å². The predicted molar refractivity (Wildman–Crippen MR) is 42.7 cm³/mol. The molecular formula is C6H12FeN4. The Hall–Kier alpha value is -0.541. The minimum Gasteiger partial charge on any atom is -0.375 e. The number of hydrogen-bond donors (Lipinski definition) is 2. The molecule has 2 aliphatic heterocycles. The first kappa shape index (κ1) is 10.5. The van der Waals surface area contributed by atoms with Gasteiger partial charge in [-0.2, -0.15) is 0 Å². The van der Waals surface area contributed by atoms with E-state index in [2.05, 4.69) is 20.6 Å². The molecule has 0 aromatic rings. The van der Waals surface area contributed by atoms with E-state index in [1.54, 1.807) is 12.7 Å². The van der Waals surface area contributed by atoms with Gasteiger partial charge in [0.2, 0.25) is 0 Å². The molecule has 0 saturated heterocycles. The molecule has 0 aliphatic carbocycles. The maximum absolute atomic E-state index is 3.85. The molecule has 0 bridgehead atoms. The maximum atomic E-state index is 3.85. The molecule has 2 N–H and O–H groups in total. The van der Waals surface area contributed by atoms with Gasteiger partial charge in [0.25, 0.3) is 0 Å². The van der Waals surface area contributed by atoms with Gasteiger partial charge in [-0.3, -0.25) is 9.98 Å². The zero-order valence-electron chi connectivity index (χ0n) is 6.23. The van der Waals surface area contributed by atoms with Crippen molar-refractivity contribution in [3.05, 3.63) is 0 Å². The molecule has 0 amide bonds. The van der Waals surface area contributed by atoms with Crippen LogP contribution in [0.15, 0.2) is 9.98 Å². The normalized spacial score (nSPS) is 17.5. The van der Waals surface area contributed by atoms with E-state index in [-0.39, 0.29) is 17.1 Å². The zero-order chi connectivity index (χ0) is 7.07. The summed E-state index contributed by atoms with van der Waals surface area (Å²) >= 11 is 0. The molecule has 0 aromatic heterocycles. The Balaban J connectivity index is 0.000000167. The second-order valence-electron chi connectivity index (χ2n) is 1.98. The van der Waals surface area contributed by atoms with Crippen LogP contribution in [0.1, 0.15) is 0 Å². The van der Waals surface area contributed by atoms with E-state index >= 15 is 0 Å². The van der Waals surface area contributed by atoms with E-state index in [0.29, 0.717) is 0 Å². The van der Waals surface area contributed by atoms with E-state index in [4.69, 9.17) is 0 Å². The third-order valence-electron chi connectivity index (χ3n) is 1.14. The first-order valence-corrected chi connectivity index (χ1v) is 3.43. The van der Waals surface area contributed by atoms with Gasteiger partial charge in [-0.15, -0.1) is 0 Å². The van der Waals surface area contributed by atoms with E-state index in [0.717, 1.165) is 26.2 Å². The second-order valence-corrected chi connectivity index (χ2v) is 1.98. The van der Waals surface area contributed by atoms with Gasteiger partial charge in [0.1, 0.15) is 0 Å². The summed E-state index contributed by atoms with van der Waals surface area (Å²) in [6, 6.07) is 0. The van der Waals surface area contributed by atoms with Crippen LogP contribution >= 0.6 is 0 Å². The Morgan fingerprint density at radius 3 is 1.45 bits per heavy atom. The Kier molecular flexibility index (Phi) is 7.19. The van der Waals surface area contributed by atoms with Crippen molar-refractivity contribution in [3.63, 3.8) is 0 Å². The van der Waals surface area contributed by atoms with E-state index in [1.165, 1.54) is 0 Å². The number of nitrogens with one attached hydrogen (secondary N) is 2. The Morgan fingerprint density at radius 2 is 1.36 bits per heavy atom. The van der Waals surface area contributed by atoms with Crippen LogP contribution in [0.2, 0.25) is 0 Å². The minimum atomic E-state index is 0. The smallest absolute Gasteiger partial charge is 0.0825 e. The fourth-order valence-electron chi connectivity index (χ4n) is 0.645. The van der Waals surface area contributed by atoms with Gasteiger partial charge < -0.3 is 10.6 Å². The van der Waals surface area contributed by atoms with Gasteiger partial charge in [0.15, 0.2) is 0 Å². The van der Waals surface area contributed by atoms with Crippen molar-refractivity contribution >= 4 is 12.7 Å². The monoisotopic (exact) mass is 196 g/mol. The quantitative estimate of drug-likeness (QED) is 0.500. The molecule has 0 spiro atoms. The Bertz CT molecular complexity index is 107. The third kappa shape index (κ3) is 5.88. The molecule has 2 heterocycles. The average Bonchev–Trinajstić information content (AvgIpc) is 2.67. The van der Waals surface area contributed by atoms with Gasteiger partial charge in [-0.05, 0) is 0 Å². The van der Waals surface area contributed by atoms with Crippen LogP contribution in [-0.2, 0) is 17.1 Å². The van der Waals surface area contributed by atoms with Crippen molar-refractivity contribution in [2.24, 2.45) is 9.98 Å². The van der Waals surface area contributed by atoms with Crippen molar-refractivity contribution in [3.8, 4) is 0 Å². The second kappa shape index (κ2) is 7.57. The van der Waals surface area contributed by atoms with Crippen molar-refractivity contribution in [2.45, 2.75) is 0 Å². The van der Waals surface area contributed by atoms with Crippen LogP contribution in [0.5, 0.6) is 0 Å². The van der Waals surface area contributed by atoms with Crippen molar-refractivity contribution in [1.82, 2.24) is 10.6 Å². The van der Waals surface area contributed by atoms with E-state index in [1.807, 2.05) is 0 Å². The predicted octanol–water partition coefficient (Wildman–Crippen LogP) is -0.767. The van der Waals surface area contributed by atoms with Crippen LogP contribution < -0.4 is 10.6 Å².